The molecule has 0 aliphatic heterocycles. The van der Waals surface area contributed by atoms with Crippen molar-refractivity contribution in [1.29, 1.82) is 0 Å². The predicted octanol–water partition coefficient (Wildman–Crippen LogP) is 6.63. The van der Waals surface area contributed by atoms with Gasteiger partial charge in [0.25, 0.3) is 0 Å². The van der Waals surface area contributed by atoms with Crippen molar-refractivity contribution in [2.24, 2.45) is 0 Å². The summed E-state index contributed by atoms with van der Waals surface area (Å²) in [5, 5.41) is 1.43. The van der Waals surface area contributed by atoms with Gasteiger partial charge >= 0.3 is 61.2 Å². The monoisotopic (exact) mass is 648 g/mol. The van der Waals surface area contributed by atoms with Crippen LogP contribution in [0.2, 0.25) is 58.9 Å². The van der Waals surface area contributed by atoms with E-state index in [-0.39, 0.29) is 0 Å². The molecule has 0 heterocycles. The Morgan fingerprint density at radius 3 is 1.23 bits per heavy atom. The van der Waals surface area contributed by atoms with Crippen LogP contribution in [-0.2, 0) is 19.8 Å². The minimum atomic E-state index is -1.28. The van der Waals surface area contributed by atoms with Gasteiger partial charge in [-0.05, 0) is 19.6 Å². The summed E-state index contributed by atoms with van der Waals surface area (Å²) in [7, 11) is -3.84. The summed E-state index contributed by atoms with van der Waals surface area (Å²) >= 11 is 1.43. The molecule has 1 aromatic rings. The molecule has 1 rings (SSSR count). The number of hydrogen-bond donors (Lipinski definition) is 0. The maximum atomic E-state index is 4.86. The van der Waals surface area contributed by atoms with E-state index in [1.807, 2.05) is 6.07 Å². The van der Waals surface area contributed by atoms with Gasteiger partial charge in [0.05, 0.1) is 0 Å². The third kappa shape index (κ3) is 22.1. The second-order valence-electron chi connectivity index (χ2n) is 10.4. The van der Waals surface area contributed by atoms with Gasteiger partial charge in [0.1, 0.15) is 0 Å². The van der Waals surface area contributed by atoms with Crippen LogP contribution >= 0.6 is 5.79 Å². The molecule has 0 unspecified atom stereocenters. The molecule has 30 heavy (non-hydrogen) atoms. The van der Waals surface area contributed by atoms with E-state index in [0.717, 1.165) is 39.3 Å². The molecule has 0 radical (unpaired) electrons. The number of rotatable bonds is 12. The molecule has 0 spiro atoms. The number of benzene rings is 1. The molecule has 0 atom stereocenters. The molecule has 0 aliphatic carbocycles. The molecule has 172 valence electrons. The van der Waals surface area contributed by atoms with Crippen molar-refractivity contribution in [2.75, 3.05) is 39.3 Å². The van der Waals surface area contributed by atoms with Gasteiger partial charge in [-0.25, -0.2) is 0 Å². The van der Waals surface area contributed by atoms with Crippen LogP contribution < -0.4 is 5.30 Å². The van der Waals surface area contributed by atoms with Gasteiger partial charge < -0.3 is 19.8 Å². The van der Waals surface area contributed by atoms with Gasteiger partial charge in [-0.15, -0.1) is 19.6 Å². The number of nitrogens with zero attached hydrogens (tertiary/aromatic N) is 4. The Balaban J connectivity index is 0.000000867. The molecule has 0 amide bonds. The fourth-order valence-electron chi connectivity index (χ4n) is 2.41. The van der Waals surface area contributed by atoms with Crippen LogP contribution in [0, 0.1) is 0 Å². The Hall–Kier alpha value is 0.881. The molecule has 0 fully saturated rings. The van der Waals surface area contributed by atoms with Crippen LogP contribution in [0.3, 0.4) is 0 Å². The average Bonchev–Trinajstić information content (AvgIpc) is 2.59. The van der Waals surface area contributed by atoms with E-state index < -0.39 is 24.7 Å². The minimum absolute atomic E-state index is 0.968. The summed E-state index contributed by atoms with van der Waals surface area (Å²) in [5.41, 5.74) is 0. The zero-order chi connectivity index (χ0) is 23.3. The first-order chi connectivity index (χ1) is 13.7. The van der Waals surface area contributed by atoms with Gasteiger partial charge in [0, 0.05) is 0 Å². The third-order valence-corrected chi connectivity index (χ3v) is 10.4. The Bertz CT molecular complexity index is 560. The molecule has 0 aliphatic rings. The van der Waals surface area contributed by atoms with Crippen molar-refractivity contribution in [3.05, 3.63) is 45.3 Å². The fourth-order valence-corrected chi connectivity index (χ4v) is 6.47. The van der Waals surface area contributed by atoms with Crippen molar-refractivity contribution in [1.82, 2.24) is 4.90 Å². The maximum absolute atomic E-state index is 4.86. The number of hydrogen-bond acceptors (Lipinski definition) is 1. The third-order valence-electron chi connectivity index (χ3n) is 3.88. The van der Waals surface area contributed by atoms with E-state index in [1.54, 1.807) is 0 Å². The predicted molar refractivity (Wildman–Crippen MR) is 144 cm³/mol. The van der Waals surface area contributed by atoms with E-state index in [2.05, 4.69) is 88.1 Å². The van der Waals surface area contributed by atoms with Gasteiger partial charge in [-0.3, -0.25) is 0 Å². The first kappa shape index (κ1) is 30.9. The van der Waals surface area contributed by atoms with Crippen molar-refractivity contribution in [3.8, 4) is 0 Å². The Morgan fingerprint density at radius 2 is 1.00 bits per heavy atom. The molecule has 9 heteroatoms. The average molecular weight is 649 g/mol. The quantitative estimate of drug-likeness (QED) is 0.185. The second-order valence-corrected chi connectivity index (χ2v) is 27.3. The molecular formula is C21H44N4PSi3Ta-2. The van der Waals surface area contributed by atoms with E-state index in [1.165, 1.54) is 30.9 Å². The van der Waals surface area contributed by atoms with Gasteiger partial charge in [0.15, 0.2) is 0 Å². The van der Waals surface area contributed by atoms with Crippen LogP contribution in [0.25, 0.3) is 14.9 Å². The van der Waals surface area contributed by atoms with Gasteiger partial charge in [-0.1, -0.05) is 83.6 Å². The molecule has 0 N–H and O–H groups in total. The molecule has 0 bridgehead atoms. The Morgan fingerprint density at radius 1 is 0.667 bits per heavy atom. The normalized spacial score (nSPS) is 12.4. The molecule has 0 saturated carbocycles. The van der Waals surface area contributed by atoms with E-state index >= 15 is 0 Å². The summed E-state index contributed by atoms with van der Waals surface area (Å²) in [6.07, 6.45) is 0. The van der Waals surface area contributed by atoms with Crippen molar-refractivity contribution in [3.63, 3.8) is 0 Å². The standard InChI is InChI=1S/C15H39N4Si3.C6H5P.Ta/c1-20(2,3)16-10-13-19(14-11-17-21(4,5)6)15-12-18-22(7,8)9;7-6-4-2-1-3-5-6;/h10-15H2,1-9H3;1-5H;/q-3;+1;. The van der Waals surface area contributed by atoms with E-state index in [4.69, 9.17) is 14.9 Å². The molecule has 4 nitrogen and oxygen atoms in total. The van der Waals surface area contributed by atoms with E-state index in [9.17, 15) is 0 Å². The zero-order valence-corrected chi connectivity index (χ0v) is 27.9. The Kier molecular flexibility index (Phi) is 16.1. The van der Waals surface area contributed by atoms with Crippen molar-refractivity contribution in [2.45, 2.75) is 58.9 Å². The van der Waals surface area contributed by atoms with Crippen LogP contribution in [0.1, 0.15) is 0 Å². The van der Waals surface area contributed by atoms with Crippen LogP contribution in [0.15, 0.2) is 30.3 Å². The summed E-state index contributed by atoms with van der Waals surface area (Å²) in [6, 6.07) is 10.5. The first-order valence-corrected chi connectivity index (χ1v) is 26.4. The topological polar surface area (TPSA) is 45.5 Å². The van der Waals surface area contributed by atoms with Crippen molar-refractivity contribution >= 4 is 35.8 Å². The van der Waals surface area contributed by atoms with Crippen LogP contribution in [-0.4, -0.2) is 68.9 Å². The molecule has 0 aromatic heterocycles. The van der Waals surface area contributed by atoms with Gasteiger partial charge in [-0.2, -0.15) is 0 Å². The summed E-state index contributed by atoms with van der Waals surface area (Å²) in [4.78, 5) is 17.1. The van der Waals surface area contributed by atoms with Crippen LogP contribution in [0.4, 0.5) is 0 Å². The molecular weight excluding hydrogens is 604 g/mol. The second kappa shape index (κ2) is 15.7. The SMILES string of the molecule is C[Si](C)(C)[N-]CCN(CC[N-][Si](C)(C)C)CC[N-][Si](C)(C)C.[Ta]#[P+]c1ccccc1. The van der Waals surface area contributed by atoms with Gasteiger partial charge in [0.2, 0.25) is 0 Å². The first-order valence-electron chi connectivity index (χ1n) is 10.9. The van der Waals surface area contributed by atoms with Crippen LogP contribution in [0.5, 0.6) is 0 Å². The zero-order valence-electron chi connectivity index (χ0n) is 20.8. The summed E-state index contributed by atoms with van der Waals surface area (Å²) < 4.78 is 0. The molecule has 1 aromatic carbocycles. The Labute approximate surface area is 203 Å². The van der Waals surface area contributed by atoms with Crippen molar-refractivity contribution < 1.29 is 19.8 Å². The fraction of sp³-hybridized carbons (Fsp3) is 0.714. The van der Waals surface area contributed by atoms with E-state index in [0.29, 0.717) is 0 Å². The summed E-state index contributed by atoms with van der Waals surface area (Å²) in [6.45, 7) is 26.8. The summed E-state index contributed by atoms with van der Waals surface area (Å²) in [5.74, 6) is 1.46. The molecule has 0 saturated heterocycles.